The van der Waals surface area contributed by atoms with Crippen LogP contribution in [0.4, 0.5) is 0 Å². The molecule has 4 heteroatoms. The Hall–Kier alpha value is -2.30. The third-order valence-corrected chi connectivity index (χ3v) is 5.79. The van der Waals surface area contributed by atoms with Crippen LogP contribution in [0.25, 0.3) is 0 Å². The molecule has 3 nitrogen and oxygen atoms in total. The maximum Gasteiger partial charge on any atom is 0.175 e. The van der Waals surface area contributed by atoms with E-state index in [2.05, 4.69) is 102 Å². The smallest absolute Gasteiger partial charge is 0.175 e. The van der Waals surface area contributed by atoms with Crippen LogP contribution in [0, 0.1) is 6.92 Å². The molecule has 31 heavy (non-hydrogen) atoms. The van der Waals surface area contributed by atoms with Crippen molar-refractivity contribution in [3.63, 3.8) is 0 Å². The first-order valence-electron chi connectivity index (χ1n) is 11.0. The van der Waals surface area contributed by atoms with Gasteiger partial charge in [0.25, 0.3) is 0 Å². The van der Waals surface area contributed by atoms with E-state index in [4.69, 9.17) is 9.47 Å². The van der Waals surface area contributed by atoms with E-state index < -0.39 is 0 Å². The summed E-state index contributed by atoms with van der Waals surface area (Å²) in [5, 5.41) is 3.63. The van der Waals surface area contributed by atoms with Crippen molar-refractivity contribution >= 4 is 15.9 Å². The highest BCUT2D eigenvalue weighted by atomic mass is 79.9. The van der Waals surface area contributed by atoms with Gasteiger partial charge in [0.05, 0.1) is 11.1 Å². The summed E-state index contributed by atoms with van der Waals surface area (Å²) in [4.78, 5) is 0. The molecule has 0 aliphatic rings. The zero-order chi connectivity index (χ0) is 22.1. The molecule has 3 aromatic carbocycles. The van der Waals surface area contributed by atoms with E-state index in [-0.39, 0.29) is 0 Å². The molecule has 0 amide bonds. The molecule has 0 radical (unpaired) electrons. The number of rotatable bonds is 11. The number of halogens is 1. The molecule has 0 aromatic heterocycles. The predicted octanol–water partition coefficient (Wildman–Crippen LogP) is 6.85. The number of hydrogen-bond donors (Lipinski definition) is 1. The normalized spacial score (nSPS) is 11.9. The second kappa shape index (κ2) is 11.9. The molecule has 0 fully saturated rings. The molecule has 3 aromatic rings. The summed E-state index contributed by atoms with van der Waals surface area (Å²) in [7, 11) is 0. The number of nitrogens with one attached hydrogen (secondary N) is 1. The fourth-order valence-electron chi connectivity index (χ4n) is 3.51. The molecule has 0 aliphatic heterocycles. The molecule has 0 heterocycles. The quantitative estimate of drug-likeness (QED) is 0.324. The molecule has 1 atom stereocenters. The topological polar surface area (TPSA) is 30.5 Å². The van der Waals surface area contributed by atoms with Crippen LogP contribution in [0.3, 0.4) is 0 Å². The second-order valence-corrected chi connectivity index (χ2v) is 8.78. The van der Waals surface area contributed by atoms with Crippen LogP contribution < -0.4 is 14.8 Å². The van der Waals surface area contributed by atoms with Crippen LogP contribution in [0.2, 0.25) is 0 Å². The molecule has 1 N–H and O–H groups in total. The van der Waals surface area contributed by atoms with Crippen LogP contribution in [0.15, 0.2) is 71.2 Å². The van der Waals surface area contributed by atoms with Crippen LogP contribution in [0.5, 0.6) is 11.5 Å². The summed E-state index contributed by atoms with van der Waals surface area (Å²) >= 11 is 3.69. The van der Waals surface area contributed by atoms with Gasteiger partial charge in [-0.05, 0) is 78.4 Å². The molecule has 3 rings (SSSR count). The monoisotopic (exact) mass is 481 g/mol. The fourth-order valence-corrected chi connectivity index (χ4v) is 4.11. The lowest BCUT2D eigenvalue weighted by Crippen LogP contribution is -2.26. The van der Waals surface area contributed by atoms with Crippen molar-refractivity contribution in [3.05, 3.63) is 93.5 Å². The Labute approximate surface area is 194 Å². The van der Waals surface area contributed by atoms with Gasteiger partial charge in [-0.1, -0.05) is 60.2 Å². The Morgan fingerprint density at radius 3 is 2.42 bits per heavy atom. The van der Waals surface area contributed by atoms with Crippen LogP contribution in [-0.2, 0) is 19.6 Å². The van der Waals surface area contributed by atoms with Crippen molar-refractivity contribution in [1.82, 2.24) is 5.32 Å². The standard InChI is InChI=1S/C27H32BrNO2/c1-4-30-26-17-24(18-29-21(3)13-14-22-10-6-5-7-11-22)16-25(28)27(26)31-19-23-12-8-9-20(2)15-23/h5-12,15-17,21,29H,4,13-14,18-19H2,1-3H3/t21-/m1/s1. The van der Waals surface area contributed by atoms with Crippen molar-refractivity contribution < 1.29 is 9.47 Å². The van der Waals surface area contributed by atoms with E-state index in [0.717, 1.165) is 40.9 Å². The Morgan fingerprint density at radius 1 is 0.903 bits per heavy atom. The van der Waals surface area contributed by atoms with E-state index in [9.17, 15) is 0 Å². The van der Waals surface area contributed by atoms with Gasteiger partial charge in [-0.2, -0.15) is 0 Å². The average Bonchev–Trinajstić information content (AvgIpc) is 2.76. The minimum atomic E-state index is 0.423. The molecule has 0 spiro atoms. The minimum absolute atomic E-state index is 0.423. The highest BCUT2D eigenvalue weighted by Gasteiger charge is 2.13. The molecular formula is C27H32BrNO2. The Kier molecular flexibility index (Phi) is 8.98. The lowest BCUT2D eigenvalue weighted by molar-refractivity contribution is 0.267. The minimum Gasteiger partial charge on any atom is -0.490 e. The maximum absolute atomic E-state index is 6.14. The van der Waals surface area contributed by atoms with Crippen molar-refractivity contribution in [3.8, 4) is 11.5 Å². The van der Waals surface area contributed by atoms with Crippen molar-refractivity contribution in [2.24, 2.45) is 0 Å². The third-order valence-electron chi connectivity index (χ3n) is 5.20. The van der Waals surface area contributed by atoms with Crippen molar-refractivity contribution in [1.29, 1.82) is 0 Å². The van der Waals surface area contributed by atoms with Gasteiger partial charge in [0.15, 0.2) is 11.5 Å². The van der Waals surface area contributed by atoms with Crippen LogP contribution in [-0.4, -0.2) is 12.6 Å². The number of aryl methyl sites for hydroxylation is 2. The summed E-state index contributed by atoms with van der Waals surface area (Å²) in [5.74, 6) is 1.53. The Balaban J connectivity index is 1.60. The van der Waals surface area contributed by atoms with E-state index in [1.54, 1.807) is 0 Å². The van der Waals surface area contributed by atoms with Gasteiger partial charge in [0.1, 0.15) is 6.61 Å². The first kappa shape index (κ1) is 23.4. The largest absolute Gasteiger partial charge is 0.490 e. The van der Waals surface area contributed by atoms with Crippen LogP contribution >= 0.6 is 15.9 Å². The summed E-state index contributed by atoms with van der Waals surface area (Å²) in [5.41, 5.74) is 4.93. The van der Waals surface area contributed by atoms with Gasteiger partial charge in [-0.3, -0.25) is 0 Å². The molecular weight excluding hydrogens is 450 g/mol. The van der Waals surface area contributed by atoms with E-state index >= 15 is 0 Å². The summed E-state index contributed by atoms with van der Waals surface area (Å²) < 4.78 is 13.0. The van der Waals surface area contributed by atoms with Gasteiger partial charge < -0.3 is 14.8 Å². The zero-order valence-electron chi connectivity index (χ0n) is 18.7. The van der Waals surface area contributed by atoms with E-state index in [1.807, 2.05) is 6.92 Å². The van der Waals surface area contributed by atoms with Gasteiger partial charge in [-0.25, -0.2) is 0 Å². The molecule has 0 aliphatic carbocycles. The van der Waals surface area contributed by atoms with E-state index in [0.29, 0.717) is 19.3 Å². The lowest BCUT2D eigenvalue weighted by atomic mass is 10.1. The maximum atomic E-state index is 6.14. The molecule has 0 unspecified atom stereocenters. The Bertz CT molecular complexity index is 959. The van der Waals surface area contributed by atoms with E-state index in [1.165, 1.54) is 16.7 Å². The summed E-state index contributed by atoms with van der Waals surface area (Å²) in [6.45, 7) is 8.21. The lowest BCUT2D eigenvalue weighted by Gasteiger charge is -2.18. The highest BCUT2D eigenvalue weighted by Crippen LogP contribution is 2.37. The van der Waals surface area contributed by atoms with Crippen molar-refractivity contribution in [2.45, 2.75) is 52.8 Å². The second-order valence-electron chi connectivity index (χ2n) is 7.92. The average molecular weight is 482 g/mol. The highest BCUT2D eigenvalue weighted by molar-refractivity contribution is 9.10. The number of ether oxygens (including phenoxy) is 2. The molecule has 0 saturated carbocycles. The first-order chi connectivity index (χ1) is 15.0. The number of benzene rings is 3. The predicted molar refractivity (Wildman–Crippen MR) is 132 cm³/mol. The van der Waals surface area contributed by atoms with Gasteiger partial charge in [0.2, 0.25) is 0 Å². The third kappa shape index (κ3) is 7.41. The summed E-state index contributed by atoms with van der Waals surface area (Å²) in [6.07, 6.45) is 2.18. The molecule has 0 bridgehead atoms. The molecule has 0 saturated heterocycles. The summed E-state index contributed by atoms with van der Waals surface area (Å²) in [6, 6.07) is 23.6. The molecule has 164 valence electrons. The van der Waals surface area contributed by atoms with Gasteiger partial charge in [0, 0.05) is 12.6 Å². The first-order valence-corrected chi connectivity index (χ1v) is 11.7. The van der Waals surface area contributed by atoms with Gasteiger partial charge in [-0.15, -0.1) is 0 Å². The Morgan fingerprint density at radius 2 is 1.68 bits per heavy atom. The fraction of sp³-hybridized carbons (Fsp3) is 0.333. The van der Waals surface area contributed by atoms with Crippen LogP contribution in [0.1, 0.15) is 42.5 Å². The van der Waals surface area contributed by atoms with Crippen molar-refractivity contribution in [2.75, 3.05) is 6.61 Å². The van der Waals surface area contributed by atoms with Gasteiger partial charge >= 0.3 is 0 Å². The SMILES string of the molecule is CCOc1cc(CN[C@H](C)CCc2ccccc2)cc(Br)c1OCc1cccc(C)c1. The zero-order valence-corrected chi connectivity index (χ0v) is 20.2. The number of hydrogen-bond acceptors (Lipinski definition) is 3.